The van der Waals surface area contributed by atoms with Crippen molar-refractivity contribution in [2.24, 2.45) is 0 Å². The smallest absolute Gasteiger partial charge is 0.306 e. The Bertz CT molecular complexity index is 1070. The lowest BCUT2D eigenvalue weighted by atomic mass is 10.0. The first-order chi connectivity index (χ1) is 29.0. The van der Waals surface area contributed by atoms with Gasteiger partial charge >= 0.3 is 11.9 Å². The number of hydrogen-bond acceptors (Lipinski definition) is 8. The van der Waals surface area contributed by atoms with Gasteiger partial charge in [-0.2, -0.15) is 0 Å². The summed E-state index contributed by atoms with van der Waals surface area (Å²) in [5.41, 5.74) is 0. The molecule has 0 rings (SSSR count). The fraction of sp³-hybridized carbons (Fsp3) is 0.880. The Kier molecular flexibility index (Phi) is 41.7. The maximum absolute atomic E-state index is 12.7. The van der Waals surface area contributed by atoms with Gasteiger partial charge in [-0.05, 0) is 38.5 Å². The molecule has 0 aliphatic heterocycles. The predicted octanol–water partition coefficient (Wildman–Crippen LogP) is 14.1. The number of rotatable bonds is 46. The van der Waals surface area contributed by atoms with Gasteiger partial charge in [-0.15, -0.1) is 0 Å². The van der Waals surface area contributed by atoms with Crippen LogP contribution in [0.25, 0.3) is 0 Å². The molecule has 0 aliphatic carbocycles. The first-order valence-electron chi connectivity index (χ1n) is 25.0. The summed E-state index contributed by atoms with van der Waals surface area (Å²) < 4.78 is 34.0. The van der Waals surface area contributed by atoms with Crippen LogP contribution in [0.4, 0.5) is 0 Å². The van der Waals surface area contributed by atoms with Crippen molar-refractivity contribution < 1.29 is 42.1 Å². The van der Waals surface area contributed by atoms with Crippen LogP contribution in [0.2, 0.25) is 0 Å². The van der Waals surface area contributed by atoms with Crippen LogP contribution in [0.15, 0.2) is 24.3 Å². The minimum Gasteiger partial charge on any atom is -0.756 e. The van der Waals surface area contributed by atoms with Crippen LogP contribution in [-0.4, -0.2) is 70.0 Å². The number of allylic oxidation sites excluding steroid dienone is 4. The largest absolute Gasteiger partial charge is 0.756 e. The van der Waals surface area contributed by atoms with E-state index in [4.69, 9.17) is 18.5 Å². The molecule has 0 saturated heterocycles. The zero-order chi connectivity index (χ0) is 44.3. The standard InChI is InChI=1S/C50H96NO8P/c1-6-8-10-12-14-16-18-20-22-23-24-25-26-27-28-29-31-33-35-37-39-41-43-50(53)59-48(47-58-60(54,55)57-45-44-51(3,4)5)46-56-49(52)42-40-38-36-34-32-30-21-19-17-15-13-11-9-7-2/h13,15,19,21,48H,6-12,14,16-18,20,22-47H2,1-5H3/b15-13+,21-19+/t48-/m1/s1. The van der Waals surface area contributed by atoms with Gasteiger partial charge in [0.2, 0.25) is 0 Å². The molecular weight excluding hydrogens is 774 g/mol. The van der Waals surface area contributed by atoms with Gasteiger partial charge in [0, 0.05) is 12.8 Å². The van der Waals surface area contributed by atoms with E-state index in [1.807, 2.05) is 21.1 Å². The number of quaternary nitrogens is 1. The van der Waals surface area contributed by atoms with Crippen LogP contribution in [-0.2, 0) is 32.7 Å². The monoisotopic (exact) mass is 870 g/mol. The van der Waals surface area contributed by atoms with E-state index < -0.39 is 32.5 Å². The summed E-state index contributed by atoms with van der Waals surface area (Å²) in [5.74, 6) is -0.840. The number of ether oxygens (including phenoxy) is 2. The number of esters is 2. The highest BCUT2D eigenvalue weighted by molar-refractivity contribution is 7.45. The lowest BCUT2D eigenvalue weighted by molar-refractivity contribution is -0.870. The molecule has 60 heavy (non-hydrogen) atoms. The van der Waals surface area contributed by atoms with Gasteiger partial charge in [-0.3, -0.25) is 14.2 Å². The molecular formula is C50H96NO8P. The van der Waals surface area contributed by atoms with E-state index in [0.29, 0.717) is 23.9 Å². The molecule has 0 saturated carbocycles. The summed E-state index contributed by atoms with van der Waals surface area (Å²) in [7, 11) is 1.17. The molecule has 10 heteroatoms. The lowest BCUT2D eigenvalue weighted by Gasteiger charge is -2.28. The Morgan fingerprint density at radius 1 is 0.517 bits per heavy atom. The zero-order valence-electron chi connectivity index (χ0n) is 39.9. The Hall–Kier alpha value is -1.51. The molecule has 0 radical (unpaired) electrons. The van der Waals surface area contributed by atoms with Crippen molar-refractivity contribution in [3.05, 3.63) is 24.3 Å². The molecule has 0 fully saturated rings. The first-order valence-corrected chi connectivity index (χ1v) is 26.5. The zero-order valence-corrected chi connectivity index (χ0v) is 40.8. The second kappa shape index (κ2) is 42.8. The molecule has 0 aliphatic rings. The molecule has 2 atom stereocenters. The quantitative estimate of drug-likeness (QED) is 0.0195. The van der Waals surface area contributed by atoms with Crippen molar-refractivity contribution in [3.63, 3.8) is 0 Å². The molecule has 0 aromatic carbocycles. The number of phosphoric acid groups is 1. The summed E-state index contributed by atoms with van der Waals surface area (Å²) in [6.45, 7) is 4.21. The van der Waals surface area contributed by atoms with Crippen LogP contribution >= 0.6 is 7.82 Å². The van der Waals surface area contributed by atoms with E-state index in [2.05, 4.69) is 38.2 Å². The summed E-state index contributed by atoms with van der Waals surface area (Å²) >= 11 is 0. The number of unbranched alkanes of at least 4 members (excludes halogenated alkanes) is 28. The van der Waals surface area contributed by atoms with Gasteiger partial charge in [-0.25, -0.2) is 0 Å². The fourth-order valence-electron chi connectivity index (χ4n) is 7.03. The van der Waals surface area contributed by atoms with Crippen LogP contribution in [0.5, 0.6) is 0 Å². The van der Waals surface area contributed by atoms with E-state index in [9.17, 15) is 19.0 Å². The second-order valence-corrected chi connectivity index (χ2v) is 19.6. The molecule has 0 bridgehead atoms. The van der Waals surface area contributed by atoms with E-state index in [1.54, 1.807) is 0 Å². The van der Waals surface area contributed by atoms with E-state index in [-0.39, 0.29) is 26.1 Å². The molecule has 0 spiro atoms. The molecule has 9 nitrogen and oxygen atoms in total. The van der Waals surface area contributed by atoms with Gasteiger partial charge < -0.3 is 27.9 Å². The summed E-state index contributed by atoms with van der Waals surface area (Å²) in [4.78, 5) is 37.6. The van der Waals surface area contributed by atoms with Crippen LogP contribution in [0, 0.1) is 0 Å². The maximum Gasteiger partial charge on any atom is 0.306 e. The van der Waals surface area contributed by atoms with Crippen molar-refractivity contribution in [2.75, 3.05) is 47.5 Å². The van der Waals surface area contributed by atoms with Crippen molar-refractivity contribution in [3.8, 4) is 0 Å². The number of carbonyl (C=O) groups is 2. The highest BCUT2D eigenvalue weighted by atomic mass is 31.2. The van der Waals surface area contributed by atoms with Crippen molar-refractivity contribution in [2.45, 2.75) is 238 Å². The van der Waals surface area contributed by atoms with Crippen LogP contribution < -0.4 is 4.89 Å². The highest BCUT2D eigenvalue weighted by Gasteiger charge is 2.21. The fourth-order valence-corrected chi connectivity index (χ4v) is 7.75. The number of nitrogens with zero attached hydrogens (tertiary/aromatic N) is 1. The lowest BCUT2D eigenvalue weighted by Crippen LogP contribution is -2.37. The van der Waals surface area contributed by atoms with E-state index in [1.165, 1.54) is 135 Å². The number of likely N-dealkylation sites (N-methyl/N-ethyl adjacent to an activating group) is 1. The number of carbonyl (C=O) groups excluding carboxylic acids is 2. The summed E-state index contributed by atoms with van der Waals surface area (Å²) in [5, 5.41) is 0. The Labute approximate surface area is 370 Å². The molecule has 354 valence electrons. The third-order valence-electron chi connectivity index (χ3n) is 11.0. The maximum atomic E-state index is 12.7. The molecule has 1 unspecified atom stereocenters. The Balaban J connectivity index is 4.21. The van der Waals surface area contributed by atoms with Crippen LogP contribution in [0.3, 0.4) is 0 Å². The highest BCUT2D eigenvalue weighted by Crippen LogP contribution is 2.38. The normalized spacial score (nSPS) is 13.6. The SMILES string of the molecule is CCCC/C=C/C/C=C/CCCCCCCC(=O)OC[C@H](COP(=O)([O-])OCC[N+](C)(C)C)OC(=O)CCCCCCCCCCCCCCCCCCCCCCCC. The van der Waals surface area contributed by atoms with Crippen molar-refractivity contribution in [1.82, 2.24) is 0 Å². The third kappa shape index (κ3) is 46.0. The molecule has 0 N–H and O–H groups in total. The van der Waals surface area contributed by atoms with Crippen LogP contribution in [0.1, 0.15) is 232 Å². The molecule has 0 amide bonds. The average molecular weight is 870 g/mol. The van der Waals surface area contributed by atoms with Gasteiger partial charge in [0.15, 0.2) is 6.10 Å². The Morgan fingerprint density at radius 2 is 0.917 bits per heavy atom. The third-order valence-corrected chi connectivity index (χ3v) is 11.9. The number of hydrogen-bond donors (Lipinski definition) is 0. The van der Waals surface area contributed by atoms with Gasteiger partial charge in [-0.1, -0.05) is 205 Å². The topological polar surface area (TPSA) is 111 Å². The van der Waals surface area contributed by atoms with Gasteiger partial charge in [0.1, 0.15) is 19.8 Å². The Morgan fingerprint density at radius 3 is 1.37 bits per heavy atom. The van der Waals surface area contributed by atoms with Gasteiger partial charge in [0.25, 0.3) is 7.82 Å². The van der Waals surface area contributed by atoms with Gasteiger partial charge in [0.05, 0.1) is 27.7 Å². The second-order valence-electron chi connectivity index (χ2n) is 18.2. The summed E-state index contributed by atoms with van der Waals surface area (Å²) in [6, 6.07) is 0. The molecule has 0 aromatic heterocycles. The summed E-state index contributed by atoms with van der Waals surface area (Å²) in [6.07, 6.45) is 47.8. The van der Waals surface area contributed by atoms with E-state index >= 15 is 0 Å². The first kappa shape index (κ1) is 58.5. The minimum atomic E-state index is -4.63. The minimum absolute atomic E-state index is 0.0310. The van der Waals surface area contributed by atoms with Crippen molar-refractivity contribution in [1.29, 1.82) is 0 Å². The predicted molar refractivity (Wildman–Crippen MR) is 250 cm³/mol. The number of phosphoric ester groups is 1. The van der Waals surface area contributed by atoms with E-state index in [0.717, 1.165) is 57.8 Å². The average Bonchev–Trinajstić information content (AvgIpc) is 3.20. The molecule has 0 heterocycles. The molecule has 0 aromatic rings. The van der Waals surface area contributed by atoms with Crippen molar-refractivity contribution >= 4 is 19.8 Å².